The van der Waals surface area contributed by atoms with Crippen LogP contribution in [0.1, 0.15) is 0 Å². The van der Waals surface area contributed by atoms with Crippen LogP contribution in [0.15, 0.2) is 25.3 Å². The molecule has 0 N–H and O–H groups in total. The van der Waals surface area contributed by atoms with Gasteiger partial charge in [0.25, 0.3) is 0 Å². The molecule has 0 radical (unpaired) electrons. The predicted molar refractivity (Wildman–Crippen MR) is 49.5 cm³/mol. The first-order valence-electron chi connectivity index (χ1n) is 3.21. The summed E-state index contributed by atoms with van der Waals surface area (Å²) in [7, 11) is -8.08. The van der Waals surface area contributed by atoms with Crippen LogP contribution in [0.2, 0.25) is 0 Å². The van der Waals surface area contributed by atoms with Crippen LogP contribution >= 0.6 is 0 Å². The second-order valence-electron chi connectivity index (χ2n) is 2.03. The minimum absolute atomic E-state index is 0. The zero-order chi connectivity index (χ0) is 11.8. The monoisotopic (exact) mass is 306 g/mol. The molecule has 0 amide bonds. The fraction of sp³-hybridized carbons (Fsp3) is 0.333. The van der Waals surface area contributed by atoms with Crippen LogP contribution in [0.5, 0.6) is 0 Å². The van der Waals surface area contributed by atoms with Gasteiger partial charge in [0, 0.05) is 0 Å². The van der Waals surface area contributed by atoms with Gasteiger partial charge in [-0.15, -0.1) is 13.2 Å². The van der Waals surface area contributed by atoms with Crippen molar-refractivity contribution in [1.29, 1.82) is 0 Å². The molecule has 0 aliphatic heterocycles. The molecule has 0 spiro atoms. The average Bonchev–Trinajstić information content (AvgIpc) is 1.81. The molecule has 0 aliphatic rings. The summed E-state index contributed by atoms with van der Waals surface area (Å²) in [6, 6.07) is 0. The van der Waals surface area contributed by atoms with Crippen LogP contribution in [0.25, 0.3) is 0 Å². The van der Waals surface area contributed by atoms with Gasteiger partial charge in [-0.1, -0.05) is 12.2 Å². The Labute approximate surface area is 102 Å². The van der Waals surface area contributed by atoms with E-state index in [-0.39, 0.29) is 19.5 Å². The van der Waals surface area contributed by atoms with E-state index in [9.17, 15) is 25.9 Å². The molecule has 9 heteroatoms. The Bertz CT molecular complexity index is 330. The van der Waals surface area contributed by atoms with Gasteiger partial charge in [-0.2, -0.15) is 0 Å². The SMILES string of the molecule is C=CCS(=O)(=O)[O-].C=CCS(=O)(=O)[O-].[Zn+2]. The molecule has 0 aliphatic carbocycles. The molecule has 0 bridgehead atoms. The first kappa shape index (κ1) is 20.3. The van der Waals surface area contributed by atoms with Gasteiger partial charge in [0.15, 0.2) is 0 Å². The molecule has 6 nitrogen and oxygen atoms in total. The molecular formula is C6H10O6S2Zn. The van der Waals surface area contributed by atoms with Crippen LogP contribution in [0.3, 0.4) is 0 Å². The van der Waals surface area contributed by atoms with Crippen LogP contribution in [0, 0.1) is 0 Å². The van der Waals surface area contributed by atoms with Gasteiger partial charge in [-0.25, -0.2) is 16.8 Å². The fourth-order valence-corrected chi connectivity index (χ4v) is 0.866. The van der Waals surface area contributed by atoms with Crippen LogP contribution < -0.4 is 0 Å². The maximum atomic E-state index is 9.60. The van der Waals surface area contributed by atoms with E-state index < -0.39 is 31.7 Å². The minimum Gasteiger partial charge on any atom is -0.748 e. The number of hydrogen-bond acceptors (Lipinski definition) is 6. The third-order valence-electron chi connectivity index (χ3n) is 0.644. The second-order valence-corrected chi connectivity index (χ2v) is 4.92. The summed E-state index contributed by atoms with van der Waals surface area (Å²) in [6.07, 6.45) is 2.12. The summed E-state index contributed by atoms with van der Waals surface area (Å²) in [6.45, 7) is 6.13. The van der Waals surface area contributed by atoms with Crippen molar-refractivity contribution in [3.05, 3.63) is 25.3 Å². The van der Waals surface area contributed by atoms with E-state index in [0.29, 0.717) is 0 Å². The van der Waals surface area contributed by atoms with Crippen molar-refractivity contribution >= 4 is 20.2 Å². The normalized spacial score (nSPS) is 10.3. The van der Waals surface area contributed by atoms with Crippen molar-refractivity contribution < 1.29 is 45.4 Å². The topological polar surface area (TPSA) is 114 Å². The van der Waals surface area contributed by atoms with Crippen molar-refractivity contribution in [2.45, 2.75) is 0 Å². The Balaban J connectivity index is -0.000000180. The van der Waals surface area contributed by atoms with Crippen molar-refractivity contribution in [2.24, 2.45) is 0 Å². The molecule has 0 heterocycles. The standard InChI is InChI=1S/2C3H6O3S.Zn/c2*1-2-3-7(4,5)6;/h2*2H,1,3H2,(H,4,5,6);/q;;+2/p-2. The summed E-state index contributed by atoms with van der Waals surface area (Å²) in [5.74, 6) is -0.958. The van der Waals surface area contributed by atoms with Gasteiger partial charge in [0.05, 0.1) is 31.7 Å². The molecule has 0 saturated carbocycles. The maximum Gasteiger partial charge on any atom is 2.00 e. The van der Waals surface area contributed by atoms with E-state index in [1.165, 1.54) is 0 Å². The average molecular weight is 308 g/mol. The Morgan fingerprint density at radius 2 is 1.07 bits per heavy atom. The molecule has 15 heavy (non-hydrogen) atoms. The van der Waals surface area contributed by atoms with Gasteiger partial charge in [-0.3, -0.25) is 0 Å². The summed E-state index contributed by atoms with van der Waals surface area (Å²) in [5.41, 5.74) is 0. The van der Waals surface area contributed by atoms with Crippen molar-refractivity contribution in [2.75, 3.05) is 11.5 Å². The Kier molecular flexibility index (Phi) is 12.4. The molecule has 0 aromatic heterocycles. The van der Waals surface area contributed by atoms with Crippen LogP contribution in [-0.2, 0) is 39.7 Å². The molecular weight excluding hydrogens is 298 g/mol. The molecule has 84 valence electrons. The first-order chi connectivity index (χ1) is 6.12. The van der Waals surface area contributed by atoms with Gasteiger partial charge in [-0.05, 0) is 0 Å². The van der Waals surface area contributed by atoms with Crippen LogP contribution in [-0.4, -0.2) is 37.4 Å². The van der Waals surface area contributed by atoms with E-state index in [0.717, 1.165) is 12.2 Å². The molecule has 0 aromatic carbocycles. The molecule has 0 aromatic rings. The molecule has 0 saturated heterocycles. The van der Waals surface area contributed by atoms with E-state index in [2.05, 4.69) is 13.2 Å². The minimum atomic E-state index is -4.04. The Morgan fingerprint density at radius 3 is 1.07 bits per heavy atom. The summed E-state index contributed by atoms with van der Waals surface area (Å²) in [5, 5.41) is 0. The summed E-state index contributed by atoms with van der Waals surface area (Å²) in [4.78, 5) is 0. The largest absolute Gasteiger partial charge is 2.00 e. The van der Waals surface area contributed by atoms with Crippen molar-refractivity contribution in [3.8, 4) is 0 Å². The predicted octanol–water partition coefficient (Wildman–Crippen LogP) is -0.567. The van der Waals surface area contributed by atoms with E-state index in [4.69, 9.17) is 0 Å². The Morgan fingerprint density at radius 1 is 0.867 bits per heavy atom. The number of hydrogen-bond donors (Lipinski definition) is 0. The van der Waals surface area contributed by atoms with Gasteiger partial charge in [0.1, 0.15) is 0 Å². The Hall–Kier alpha value is -0.0766. The zero-order valence-corrected chi connectivity index (χ0v) is 12.6. The van der Waals surface area contributed by atoms with Gasteiger partial charge in [0.2, 0.25) is 0 Å². The van der Waals surface area contributed by atoms with E-state index in [1.807, 2.05) is 0 Å². The van der Waals surface area contributed by atoms with Gasteiger partial charge >= 0.3 is 19.5 Å². The zero-order valence-electron chi connectivity index (χ0n) is 7.96. The van der Waals surface area contributed by atoms with E-state index in [1.54, 1.807) is 0 Å². The van der Waals surface area contributed by atoms with Gasteiger partial charge < -0.3 is 9.11 Å². The first-order valence-corrected chi connectivity index (χ1v) is 6.37. The summed E-state index contributed by atoms with van der Waals surface area (Å²) >= 11 is 0. The molecule has 0 atom stereocenters. The van der Waals surface area contributed by atoms with Crippen molar-refractivity contribution in [1.82, 2.24) is 0 Å². The molecule has 0 fully saturated rings. The van der Waals surface area contributed by atoms with Crippen LogP contribution in [0.4, 0.5) is 0 Å². The van der Waals surface area contributed by atoms with E-state index >= 15 is 0 Å². The summed E-state index contributed by atoms with van der Waals surface area (Å²) < 4.78 is 57.6. The number of rotatable bonds is 4. The third-order valence-corrected chi connectivity index (χ3v) is 1.93. The fourth-order valence-electron chi connectivity index (χ4n) is 0.289. The second kappa shape index (κ2) is 9.17. The maximum absolute atomic E-state index is 9.60. The van der Waals surface area contributed by atoms with Crippen molar-refractivity contribution in [3.63, 3.8) is 0 Å². The smallest absolute Gasteiger partial charge is 0.748 e. The quantitative estimate of drug-likeness (QED) is 0.390. The molecule has 0 unspecified atom stereocenters. The third kappa shape index (κ3) is 31.5. The molecule has 0 rings (SSSR count).